The summed E-state index contributed by atoms with van der Waals surface area (Å²) >= 11 is 0. The molecule has 0 saturated carbocycles. The van der Waals surface area contributed by atoms with Crippen LogP contribution in [-0.2, 0) is 33.3 Å². The lowest BCUT2D eigenvalue weighted by atomic mass is 9.79. The van der Waals surface area contributed by atoms with Gasteiger partial charge in [-0.1, -0.05) is 30.3 Å². The van der Waals surface area contributed by atoms with Gasteiger partial charge >= 0.3 is 6.09 Å². The van der Waals surface area contributed by atoms with E-state index in [1.165, 1.54) is 14.0 Å². The summed E-state index contributed by atoms with van der Waals surface area (Å²) in [6, 6.07) is 8.63. The molecule has 2 heterocycles. The van der Waals surface area contributed by atoms with Gasteiger partial charge < -0.3 is 23.7 Å². The van der Waals surface area contributed by atoms with Crippen LogP contribution in [0.5, 0.6) is 0 Å². The van der Waals surface area contributed by atoms with Crippen LogP contribution >= 0.6 is 0 Å². The van der Waals surface area contributed by atoms with E-state index in [9.17, 15) is 14.4 Å². The molecule has 0 radical (unpaired) electrons. The van der Waals surface area contributed by atoms with Gasteiger partial charge in [0.2, 0.25) is 5.91 Å². The molecule has 3 rings (SSSR count). The summed E-state index contributed by atoms with van der Waals surface area (Å²) in [4.78, 5) is 40.2. The molecule has 2 saturated heterocycles. The molecule has 2 aliphatic rings. The Morgan fingerprint density at radius 3 is 2.39 bits per heavy atom. The lowest BCUT2D eigenvalue weighted by molar-refractivity contribution is -0.195. The second-order valence-corrected chi connectivity index (χ2v) is 9.47. The van der Waals surface area contributed by atoms with Gasteiger partial charge in [0, 0.05) is 7.11 Å². The standard InChI is InChI=1S/C24H33NO8/c1-14(26)18-19(33-24(5,6)32-18)20(30-13-29-7)23(3,4)21(27)25-17(15(2)31-22(25)28)16-11-9-8-10-12-16/h8-12,15,17-20H,13H2,1-7H3/t15-,17-,18-,19-,20+/m0/s1. The SMILES string of the molecule is COCO[C@H]([C@H]1OC(C)(C)O[C@H]1C(C)=O)C(C)(C)C(=O)N1C(=O)O[C@@H](C)[C@H]1c1ccccc1. The first-order valence-electron chi connectivity index (χ1n) is 11.0. The molecule has 9 heteroatoms. The topological polar surface area (TPSA) is 101 Å². The number of hydrogen-bond donors (Lipinski definition) is 0. The minimum absolute atomic E-state index is 0.144. The fourth-order valence-electron chi connectivity index (χ4n) is 4.50. The van der Waals surface area contributed by atoms with Gasteiger partial charge in [0.15, 0.2) is 11.6 Å². The van der Waals surface area contributed by atoms with E-state index in [0.29, 0.717) is 0 Å². The molecule has 0 spiro atoms. The Kier molecular flexibility index (Phi) is 7.28. The number of carbonyl (C=O) groups excluding carboxylic acids is 3. The third-order valence-electron chi connectivity index (χ3n) is 6.02. The van der Waals surface area contributed by atoms with Crippen molar-refractivity contribution in [2.45, 2.75) is 77.8 Å². The van der Waals surface area contributed by atoms with Gasteiger partial charge in [-0.3, -0.25) is 9.59 Å². The minimum Gasteiger partial charge on any atom is -0.443 e. The summed E-state index contributed by atoms with van der Waals surface area (Å²) in [6.45, 7) is 9.69. The molecule has 0 aliphatic carbocycles. The second kappa shape index (κ2) is 9.50. The van der Waals surface area contributed by atoms with E-state index in [1.807, 2.05) is 30.3 Å². The van der Waals surface area contributed by atoms with Crippen LogP contribution in [-0.4, -0.2) is 66.8 Å². The Labute approximate surface area is 194 Å². The number of rotatable bonds is 8. The van der Waals surface area contributed by atoms with E-state index in [-0.39, 0.29) is 12.6 Å². The average molecular weight is 464 g/mol. The lowest BCUT2D eigenvalue weighted by Crippen LogP contribution is -2.56. The molecular formula is C24H33NO8. The number of methoxy groups -OCH3 is 1. The van der Waals surface area contributed by atoms with Gasteiger partial charge in [-0.25, -0.2) is 9.69 Å². The predicted molar refractivity (Wildman–Crippen MR) is 117 cm³/mol. The number of ether oxygens (including phenoxy) is 5. The van der Waals surface area contributed by atoms with Crippen molar-refractivity contribution in [3.63, 3.8) is 0 Å². The van der Waals surface area contributed by atoms with E-state index >= 15 is 0 Å². The number of nitrogens with zero attached hydrogens (tertiary/aromatic N) is 1. The zero-order valence-corrected chi connectivity index (χ0v) is 20.2. The largest absolute Gasteiger partial charge is 0.443 e. The van der Waals surface area contributed by atoms with Crippen LogP contribution in [0.3, 0.4) is 0 Å². The smallest absolute Gasteiger partial charge is 0.417 e. The van der Waals surface area contributed by atoms with E-state index in [0.717, 1.165) is 10.5 Å². The van der Waals surface area contributed by atoms with Crippen molar-refractivity contribution in [3.05, 3.63) is 35.9 Å². The maximum Gasteiger partial charge on any atom is 0.417 e. The van der Waals surface area contributed by atoms with E-state index in [1.54, 1.807) is 34.6 Å². The second-order valence-electron chi connectivity index (χ2n) is 9.47. The molecule has 1 aromatic carbocycles. The van der Waals surface area contributed by atoms with Crippen LogP contribution in [0.25, 0.3) is 0 Å². The highest BCUT2D eigenvalue weighted by molar-refractivity contribution is 5.97. The molecule has 2 amide bonds. The van der Waals surface area contributed by atoms with Crippen LogP contribution in [0.1, 0.15) is 53.1 Å². The Bertz CT molecular complexity index is 884. The zero-order valence-electron chi connectivity index (χ0n) is 20.2. The van der Waals surface area contributed by atoms with Gasteiger partial charge in [-0.15, -0.1) is 0 Å². The van der Waals surface area contributed by atoms with Gasteiger partial charge in [-0.05, 0) is 47.1 Å². The molecule has 1 aromatic rings. The van der Waals surface area contributed by atoms with Crippen molar-refractivity contribution >= 4 is 17.8 Å². The number of cyclic esters (lactones) is 1. The highest BCUT2D eigenvalue weighted by Gasteiger charge is 2.57. The first-order chi connectivity index (χ1) is 15.4. The van der Waals surface area contributed by atoms with Crippen molar-refractivity contribution in [2.75, 3.05) is 13.9 Å². The molecule has 5 atom stereocenters. The average Bonchev–Trinajstić information content (AvgIpc) is 3.22. The third kappa shape index (κ3) is 4.96. The Morgan fingerprint density at radius 2 is 1.82 bits per heavy atom. The highest BCUT2D eigenvalue weighted by Crippen LogP contribution is 2.42. The maximum absolute atomic E-state index is 13.9. The summed E-state index contributed by atoms with van der Waals surface area (Å²) in [5.41, 5.74) is -0.533. The number of amides is 2. The molecule has 0 unspecified atom stereocenters. The predicted octanol–water partition coefficient (Wildman–Crippen LogP) is 3.22. The Morgan fingerprint density at radius 1 is 1.18 bits per heavy atom. The van der Waals surface area contributed by atoms with Crippen LogP contribution in [0.4, 0.5) is 4.79 Å². The third-order valence-corrected chi connectivity index (χ3v) is 6.02. The molecule has 0 bridgehead atoms. The first kappa shape index (κ1) is 25.3. The van der Waals surface area contributed by atoms with Gasteiger partial charge in [0.25, 0.3) is 0 Å². The van der Waals surface area contributed by atoms with E-state index in [4.69, 9.17) is 23.7 Å². The van der Waals surface area contributed by atoms with Crippen LogP contribution in [0.2, 0.25) is 0 Å². The molecule has 0 N–H and O–H groups in total. The zero-order chi connectivity index (χ0) is 24.6. The van der Waals surface area contributed by atoms with Crippen LogP contribution in [0.15, 0.2) is 30.3 Å². The van der Waals surface area contributed by atoms with Gasteiger partial charge in [0.05, 0.1) is 5.41 Å². The number of ketones is 1. The lowest BCUT2D eigenvalue weighted by Gasteiger charge is -2.39. The normalized spacial score (nSPS) is 28.0. The number of benzene rings is 1. The molecule has 2 aliphatic heterocycles. The monoisotopic (exact) mass is 463 g/mol. The molecule has 2 fully saturated rings. The summed E-state index contributed by atoms with van der Waals surface area (Å²) in [5.74, 6) is -1.82. The number of hydrogen-bond acceptors (Lipinski definition) is 8. The van der Waals surface area contributed by atoms with E-state index < -0.39 is 53.7 Å². The Balaban J connectivity index is 1.99. The summed E-state index contributed by atoms with van der Waals surface area (Å²) in [5, 5.41) is 0. The molecule has 182 valence electrons. The van der Waals surface area contributed by atoms with Crippen molar-refractivity contribution < 1.29 is 38.1 Å². The molecule has 0 aromatic heterocycles. The van der Waals surface area contributed by atoms with Gasteiger partial charge in [0.1, 0.15) is 37.3 Å². The fourth-order valence-corrected chi connectivity index (χ4v) is 4.50. The van der Waals surface area contributed by atoms with Crippen molar-refractivity contribution in [1.29, 1.82) is 0 Å². The highest BCUT2D eigenvalue weighted by atomic mass is 16.8. The number of imide groups is 1. The van der Waals surface area contributed by atoms with Crippen molar-refractivity contribution in [1.82, 2.24) is 4.90 Å². The van der Waals surface area contributed by atoms with Crippen molar-refractivity contribution in [2.24, 2.45) is 5.41 Å². The minimum atomic E-state index is -1.31. The summed E-state index contributed by atoms with van der Waals surface area (Å²) < 4.78 is 28.3. The van der Waals surface area contributed by atoms with Gasteiger partial charge in [-0.2, -0.15) is 0 Å². The number of Topliss-reactive ketones (excluding diaryl/α,β-unsaturated/α-hetero) is 1. The van der Waals surface area contributed by atoms with Crippen molar-refractivity contribution in [3.8, 4) is 0 Å². The first-order valence-corrected chi connectivity index (χ1v) is 11.0. The fraction of sp³-hybridized carbons (Fsp3) is 0.625. The Hall–Kier alpha value is -2.33. The summed E-state index contributed by atoms with van der Waals surface area (Å²) in [7, 11) is 1.45. The quantitative estimate of drug-likeness (QED) is 0.542. The molecule has 9 nitrogen and oxygen atoms in total. The molecule has 33 heavy (non-hydrogen) atoms. The van der Waals surface area contributed by atoms with Crippen LogP contribution < -0.4 is 0 Å². The van der Waals surface area contributed by atoms with E-state index in [2.05, 4.69) is 0 Å². The molecular weight excluding hydrogens is 430 g/mol. The number of carbonyl (C=O) groups is 3. The summed E-state index contributed by atoms with van der Waals surface area (Å²) in [6.07, 6.45) is -4.05. The van der Waals surface area contributed by atoms with Crippen LogP contribution in [0, 0.1) is 5.41 Å². The maximum atomic E-state index is 13.9.